The molecule has 0 atom stereocenters. The van der Waals surface area contributed by atoms with Gasteiger partial charge < -0.3 is 15.5 Å². The van der Waals surface area contributed by atoms with Crippen LogP contribution in [0.25, 0.3) is 0 Å². The number of carbonyl (C=O) groups excluding carboxylic acids is 2. The number of piperidine rings is 1. The van der Waals surface area contributed by atoms with Crippen LogP contribution in [0.3, 0.4) is 0 Å². The molecular formula is C32H39N7O2. The Kier molecular flexibility index (Phi) is 7.99. The smallest absolute Gasteiger partial charge is 0.349 e. The third-order valence-corrected chi connectivity index (χ3v) is 8.64. The zero-order valence-corrected chi connectivity index (χ0v) is 24.0. The minimum absolute atomic E-state index is 0.0742. The number of nitrogens with two attached hydrogens (primary N) is 1. The Morgan fingerprint density at radius 3 is 1.88 bits per heavy atom. The summed E-state index contributed by atoms with van der Waals surface area (Å²) >= 11 is 0. The zero-order chi connectivity index (χ0) is 29.0. The summed E-state index contributed by atoms with van der Waals surface area (Å²) in [5.74, 6) is 0.845. The predicted octanol–water partition coefficient (Wildman–Crippen LogP) is 3.54. The molecule has 0 unspecified atom stereocenters. The number of rotatable bonds is 8. The molecule has 2 heterocycles. The van der Waals surface area contributed by atoms with Gasteiger partial charge in [-0.3, -0.25) is 4.79 Å². The minimum atomic E-state index is -0.804. The number of primary amides is 1. The summed E-state index contributed by atoms with van der Waals surface area (Å²) in [6, 6.07) is 30.0. The Balaban J connectivity index is 1.42. The Morgan fingerprint density at radius 2 is 1.41 bits per heavy atom. The molecule has 2 aliphatic heterocycles. The van der Waals surface area contributed by atoms with E-state index in [-0.39, 0.29) is 11.3 Å². The fraction of sp³-hybridized carbons (Fsp3) is 0.344. The molecule has 0 saturated carbocycles. The van der Waals surface area contributed by atoms with Gasteiger partial charge >= 0.3 is 6.03 Å². The summed E-state index contributed by atoms with van der Waals surface area (Å²) in [6.07, 6.45) is 2.26. The van der Waals surface area contributed by atoms with Gasteiger partial charge in [-0.1, -0.05) is 91.0 Å². The Bertz CT molecular complexity index is 1330. The lowest BCUT2D eigenvalue weighted by Crippen LogP contribution is -2.56. The van der Waals surface area contributed by atoms with E-state index in [0.717, 1.165) is 55.0 Å². The molecule has 3 aromatic rings. The first-order valence-corrected chi connectivity index (χ1v) is 14.1. The van der Waals surface area contributed by atoms with Crippen molar-refractivity contribution < 1.29 is 9.59 Å². The number of hydrogen-bond donors (Lipinski definition) is 2. The number of likely N-dealkylation sites (tertiary alicyclic amines) is 1. The number of amidine groups is 1. The van der Waals surface area contributed by atoms with Crippen molar-refractivity contribution in [2.24, 2.45) is 10.8 Å². The third-order valence-electron chi connectivity index (χ3n) is 8.64. The molecular weight excluding hydrogens is 514 g/mol. The van der Waals surface area contributed by atoms with Crippen LogP contribution < -0.4 is 11.3 Å². The highest BCUT2D eigenvalue weighted by Crippen LogP contribution is 2.41. The van der Waals surface area contributed by atoms with Crippen molar-refractivity contribution in [3.05, 3.63) is 108 Å². The average molecular weight is 554 g/mol. The van der Waals surface area contributed by atoms with Gasteiger partial charge in [-0.25, -0.2) is 9.80 Å². The summed E-state index contributed by atoms with van der Waals surface area (Å²) in [5.41, 5.74) is 10.3. The molecule has 0 aliphatic carbocycles. The molecule has 2 aliphatic rings. The quantitative estimate of drug-likeness (QED) is 0.445. The van der Waals surface area contributed by atoms with E-state index < -0.39 is 11.4 Å². The van der Waals surface area contributed by atoms with Crippen molar-refractivity contribution in [1.82, 2.24) is 25.5 Å². The van der Waals surface area contributed by atoms with Crippen LogP contribution in [0.1, 0.15) is 36.0 Å². The van der Waals surface area contributed by atoms with Gasteiger partial charge in [0.1, 0.15) is 5.41 Å². The first-order chi connectivity index (χ1) is 19.8. The van der Waals surface area contributed by atoms with Crippen LogP contribution in [-0.2, 0) is 15.6 Å². The first-order valence-electron chi connectivity index (χ1n) is 14.1. The monoisotopic (exact) mass is 553 g/mol. The van der Waals surface area contributed by atoms with Crippen molar-refractivity contribution in [3.63, 3.8) is 0 Å². The van der Waals surface area contributed by atoms with E-state index in [1.54, 1.807) is 9.91 Å². The van der Waals surface area contributed by atoms with E-state index in [1.807, 2.05) is 75.7 Å². The normalized spacial score (nSPS) is 17.1. The standard InChI is InChI=1S/C32H39N7O2/c1-36(2)29(40)32(26-15-9-5-10-16-26,27-17-11-6-12-18-27)21-24-38-22-19-31(20-23-38,25-13-7-4-8-14-25)28-34-35-39(30(33)41)37(28)3/h4-18,35H,19-24H2,1-3H3,(H2,33,41). The number of hydrogen-bond acceptors (Lipinski definition) is 6. The summed E-state index contributed by atoms with van der Waals surface area (Å²) < 4.78 is 0. The second kappa shape index (κ2) is 11.6. The highest BCUT2D eigenvalue weighted by Gasteiger charge is 2.48. The molecule has 1 fully saturated rings. The Hall–Kier alpha value is -4.37. The van der Waals surface area contributed by atoms with E-state index in [4.69, 9.17) is 5.73 Å². The number of amides is 3. The summed E-state index contributed by atoms with van der Waals surface area (Å²) in [5, 5.41) is 7.52. The lowest BCUT2D eigenvalue weighted by atomic mass is 9.69. The number of nitrogens with zero attached hydrogens (tertiary/aromatic N) is 5. The van der Waals surface area contributed by atoms with E-state index in [0.29, 0.717) is 6.42 Å². The summed E-state index contributed by atoms with van der Waals surface area (Å²) in [7, 11) is 5.47. The first kappa shape index (κ1) is 28.2. The molecule has 9 nitrogen and oxygen atoms in total. The maximum atomic E-state index is 14.1. The number of hydrazone groups is 1. The zero-order valence-electron chi connectivity index (χ0n) is 24.0. The number of benzene rings is 3. The van der Waals surface area contributed by atoms with Gasteiger partial charge in [0, 0.05) is 21.1 Å². The second-order valence-corrected chi connectivity index (χ2v) is 11.1. The molecule has 3 aromatic carbocycles. The van der Waals surface area contributed by atoms with Crippen LogP contribution in [0.2, 0.25) is 0 Å². The lowest BCUT2D eigenvalue weighted by Gasteiger charge is -2.44. The average Bonchev–Trinajstić information content (AvgIpc) is 3.41. The van der Waals surface area contributed by atoms with Gasteiger partial charge in [-0.05, 0) is 55.6 Å². The van der Waals surface area contributed by atoms with Gasteiger partial charge in [-0.2, -0.15) is 5.53 Å². The lowest BCUT2D eigenvalue weighted by molar-refractivity contribution is -0.133. The highest BCUT2D eigenvalue weighted by molar-refractivity contribution is 5.95. The molecule has 5 rings (SSSR count). The molecule has 9 heteroatoms. The molecule has 0 bridgehead atoms. The minimum Gasteiger partial charge on any atom is -0.349 e. The summed E-state index contributed by atoms with van der Waals surface area (Å²) in [6.45, 7) is 2.38. The second-order valence-electron chi connectivity index (χ2n) is 11.1. The Morgan fingerprint density at radius 1 is 0.902 bits per heavy atom. The fourth-order valence-corrected chi connectivity index (χ4v) is 6.46. The molecule has 0 aromatic heterocycles. The van der Waals surface area contributed by atoms with Crippen molar-refractivity contribution in [3.8, 4) is 0 Å². The van der Waals surface area contributed by atoms with Crippen molar-refractivity contribution in [2.45, 2.75) is 30.1 Å². The van der Waals surface area contributed by atoms with Crippen LogP contribution >= 0.6 is 0 Å². The SMILES string of the molecule is CN(C)C(=O)C(CCN1CCC(C2=NNN(C(N)=O)N2C)(c2ccccc2)CC1)(c1ccccc1)c1ccccc1. The predicted molar refractivity (Wildman–Crippen MR) is 161 cm³/mol. The van der Waals surface area contributed by atoms with E-state index >= 15 is 0 Å². The molecule has 214 valence electrons. The molecule has 3 N–H and O–H groups in total. The maximum absolute atomic E-state index is 14.1. The molecule has 0 radical (unpaired) electrons. The topological polar surface area (TPSA) is 97.5 Å². The molecule has 1 saturated heterocycles. The number of carbonyl (C=O) groups is 2. The maximum Gasteiger partial charge on any atom is 0.354 e. The van der Waals surface area contributed by atoms with Crippen molar-refractivity contribution >= 4 is 17.8 Å². The van der Waals surface area contributed by atoms with E-state index in [1.165, 1.54) is 5.12 Å². The van der Waals surface area contributed by atoms with Crippen LogP contribution in [0.5, 0.6) is 0 Å². The molecule has 0 spiro atoms. The van der Waals surface area contributed by atoms with E-state index in [9.17, 15) is 9.59 Å². The van der Waals surface area contributed by atoms with Crippen LogP contribution in [0.15, 0.2) is 96.1 Å². The van der Waals surface area contributed by atoms with E-state index in [2.05, 4.69) is 51.9 Å². The Labute approximate surface area is 242 Å². The van der Waals surface area contributed by atoms with Crippen LogP contribution in [0.4, 0.5) is 4.79 Å². The molecule has 41 heavy (non-hydrogen) atoms. The fourth-order valence-electron chi connectivity index (χ4n) is 6.46. The van der Waals surface area contributed by atoms with Crippen LogP contribution in [0, 0.1) is 0 Å². The third kappa shape index (κ3) is 5.13. The van der Waals surface area contributed by atoms with Gasteiger partial charge in [0.15, 0.2) is 5.84 Å². The number of likely N-dealkylation sites (N-methyl/N-ethyl adjacent to an activating group) is 2. The van der Waals surface area contributed by atoms with Crippen molar-refractivity contribution in [1.29, 1.82) is 0 Å². The number of nitrogens with one attached hydrogen (secondary N) is 1. The molecule has 3 amide bonds. The highest BCUT2D eigenvalue weighted by atomic mass is 16.2. The van der Waals surface area contributed by atoms with Crippen LogP contribution in [-0.4, -0.2) is 78.5 Å². The van der Waals surface area contributed by atoms with Gasteiger partial charge in [-0.15, -0.1) is 10.2 Å². The van der Waals surface area contributed by atoms with Gasteiger partial charge in [0.2, 0.25) is 5.91 Å². The largest absolute Gasteiger partial charge is 0.354 e. The summed E-state index contributed by atoms with van der Waals surface area (Å²) in [4.78, 5) is 30.2. The van der Waals surface area contributed by atoms with Crippen molar-refractivity contribution in [2.75, 3.05) is 40.8 Å². The number of urea groups is 1. The van der Waals surface area contributed by atoms with Gasteiger partial charge in [0.05, 0.1) is 5.41 Å². The number of hydrazine groups is 2. The van der Waals surface area contributed by atoms with Gasteiger partial charge in [0.25, 0.3) is 0 Å².